The zero-order valence-corrected chi connectivity index (χ0v) is 15.8. The summed E-state index contributed by atoms with van der Waals surface area (Å²) >= 11 is 0. The highest BCUT2D eigenvalue weighted by molar-refractivity contribution is 6.04. The molecule has 3 aromatic rings. The molecular formula is C22H25N3O. The minimum atomic E-state index is -0.0873. The molecule has 134 valence electrons. The van der Waals surface area contributed by atoms with Gasteiger partial charge in [0.2, 0.25) is 0 Å². The van der Waals surface area contributed by atoms with Gasteiger partial charge in [-0.25, -0.2) is 0 Å². The Labute approximate surface area is 154 Å². The van der Waals surface area contributed by atoms with Gasteiger partial charge >= 0.3 is 0 Å². The first-order valence-corrected chi connectivity index (χ1v) is 8.94. The van der Waals surface area contributed by atoms with Gasteiger partial charge in [0.15, 0.2) is 0 Å². The molecule has 4 nitrogen and oxygen atoms in total. The molecule has 2 aromatic carbocycles. The van der Waals surface area contributed by atoms with Crippen molar-refractivity contribution in [1.29, 1.82) is 0 Å². The number of benzene rings is 2. The molecule has 0 spiro atoms. The second-order valence-electron chi connectivity index (χ2n) is 6.98. The van der Waals surface area contributed by atoms with Crippen LogP contribution in [0.15, 0.2) is 54.6 Å². The normalized spacial score (nSPS) is 11.0. The molecule has 0 saturated heterocycles. The van der Waals surface area contributed by atoms with Crippen LogP contribution in [0.3, 0.4) is 0 Å². The van der Waals surface area contributed by atoms with Crippen molar-refractivity contribution in [3.63, 3.8) is 0 Å². The largest absolute Gasteiger partial charge is 0.322 e. The molecule has 1 amide bonds. The van der Waals surface area contributed by atoms with E-state index >= 15 is 0 Å². The van der Waals surface area contributed by atoms with Crippen molar-refractivity contribution in [2.24, 2.45) is 0 Å². The topological polar surface area (TPSA) is 46.9 Å². The molecule has 3 rings (SSSR count). The molecule has 0 radical (unpaired) electrons. The number of hydrogen-bond acceptors (Lipinski definition) is 2. The van der Waals surface area contributed by atoms with Crippen molar-refractivity contribution < 1.29 is 4.79 Å². The molecule has 0 unspecified atom stereocenters. The Bertz CT molecular complexity index is 907. The van der Waals surface area contributed by atoms with Crippen LogP contribution >= 0.6 is 0 Å². The Morgan fingerprint density at radius 3 is 2.38 bits per heavy atom. The second kappa shape index (κ2) is 7.56. The van der Waals surface area contributed by atoms with Gasteiger partial charge in [-0.2, -0.15) is 5.10 Å². The molecule has 0 bridgehead atoms. The summed E-state index contributed by atoms with van der Waals surface area (Å²) in [5, 5.41) is 7.52. The first-order valence-electron chi connectivity index (χ1n) is 8.94. The summed E-state index contributed by atoms with van der Waals surface area (Å²) in [5.41, 5.74) is 5.94. The molecule has 1 heterocycles. The van der Waals surface area contributed by atoms with Gasteiger partial charge in [-0.05, 0) is 55.2 Å². The zero-order valence-electron chi connectivity index (χ0n) is 15.8. The molecule has 0 aliphatic carbocycles. The number of carbonyl (C=O) groups excluding carboxylic acids is 1. The molecule has 1 N–H and O–H groups in total. The van der Waals surface area contributed by atoms with E-state index in [1.807, 2.05) is 61.0 Å². The predicted octanol–water partition coefficient (Wildman–Crippen LogP) is 4.92. The van der Waals surface area contributed by atoms with E-state index in [1.54, 1.807) is 0 Å². The van der Waals surface area contributed by atoms with Crippen molar-refractivity contribution in [1.82, 2.24) is 9.78 Å². The number of nitrogens with one attached hydrogen (secondary N) is 1. The van der Waals surface area contributed by atoms with E-state index in [2.05, 4.69) is 36.4 Å². The van der Waals surface area contributed by atoms with Gasteiger partial charge in [-0.1, -0.05) is 44.2 Å². The van der Waals surface area contributed by atoms with Crippen molar-refractivity contribution in [2.75, 3.05) is 5.32 Å². The quantitative estimate of drug-likeness (QED) is 0.712. The van der Waals surface area contributed by atoms with E-state index in [-0.39, 0.29) is 5.91 Å². The Morgan fingerprint density at radius 1 is 1.08 bits per heavy atom. The van der Waals surface area contributed by atoms with Crippen LogP contribution in [0.2, 0.25) is 0 Å². The summed E-state index contributed by atoms with van der Waals surface area (Å²) in [5.74, 6) is 0.269. The maximum Gasteiger partial charge on any atom is 0.255 e. The highest BCUT2D eigenvalue weighted by Crippen LogP contribution is 2.24. The summed E-state index contributed by atoms with van der Waals surface area (Å²) in [6.45, 7) is 9.00. The number of carbonyl (C=O) groups is 1. The minimum absolute atomic E-state index is 0.0873. The fourth-order valence-electron chi connectivity index (χ4n) is 3.08. The molecule has 0 fully saturated rings. The number of aryl methyl sites for hydroxylation is 2. The van der Waals surface area contributed by atoms with E-state index in [1.165, 1.54) is 0 Å². The number of hydrogen-bond donors (Lipinski definition) is 1. The Kier molecular flexibility index (Phi) is 5.21. The third-order valence-electron chi connectivity index (χ3n) is 4.48. The highest BCUT2D eigenvalue weighted by Gasteiger charge is 2.11. The lowest BCUT2D eigenvalue weighted by Gasteiger charge is -2.14. The molecule has 26 heavy (non-hydrogen) atoms. The van der Waals surface area contributed by atoms with E-state index in [0.29, 0.717) is 18.0 Å². The summed E-state index contributed by atoms with van der Waals surface area (Å²) in [6, 6.07) is 17.7. The molecule has 0 atom stereocenters. The van der Waals surface area contributed by atoms with Crippen LogP contribution in [0.4, 0.5) is 5.69 Å². The number of anilines is 1. The van der Waals surface area contributed by atoms with Crippen LogP contribution in [0, 0.1) is 13.8 Å². The van der Waals surface area contributed by atoms with Gasteiger partial charge in [0.1, 0.15) is 0 Å². The Balaban J connectivity index is 1.72. The first-order chi connectivity index (χ1) is 12.4. The lowest BCUT2D eigenvalue weighted by molar-refractivity contribution is 0.102. The van der Waals surface area contributed by atoms with Crippen LogP contribution in [-0.4, -0.2) is 15.7 Å². The van der Waals surface area contributed by atoms with E-state index in [4.69, 9.17) is 0 Å². The highest BCUT2D eigenvalue weighted by atomic mass is 16.1. The average Bonchev–Trinajstić information content (AvgIpc) is 2.93. The Morgan fingerprint density at radius 2 is 1.77 bits per heavy atom. The number of amides is 1. The summed E-state index contributed by atoms with van der Waals surface area (Å²) in [6.07, 6.45) is 0. The minimum Gasteiger partial charge on any atom is -0.322 e. The van der Waals surface area contributed by atoms with Crippen molar-refractivity contribution in [3.05, 3.63) is 82.7 Å². The Hall–Kier alpha value is -2.88. The van der Waals surface area contributed by atoms with Gasteiger partial charge in [-0.15, -0.1) is 0 Å². The summed E-state index contributed by atoms with van der Waals surface area (Å²) < 4.78 is 1.98. The number of rotatable bonds is 5. The number of aromatic nitrogens is 2. The van der Waals surface area contributed by atoms with Gasteiger partial charge in [0, 0.05) is 16.9 Å². The van der Waals surface area contributed by atoms with Gasteiger partial charge in [0.05, 0.1) is 12.2 Å². The molecular weight excluding hydrogens is 322 g/mol. The third kappa shape index (κ3) is 4.02. The summed E-state index contributed by atoms with van der Waals surface area (Å²) in [4.78, 5) is 12.6. The van der Waals surface area contributed by atoms with Gasteiger partial charge in [0.25, 0.3) is 5.91 Å². The van der Waals surface area contributed by atoms with Crippen LogP contribution < -0.4 is 5.32 Å². The molecule has 4 heteroatoms. The average molecular weight is 347 g/mol. The maximum atomic E-state index is 12.6. The molecule has 0 aliphatic heterocycles. The van der Waals surface area contributed by atoms with Crippen LogP contribution in [0.25, 0.3) is 0 Å². The smallest absolute Gasteiger partial charge is 0.255 e. The molecule has 0 saturated carbocycles. The zero-order chi connectivity index (χ0) is 18.7. The van der Waals surface area contributed by atoms with E-state index in [9.17, 15) is 4.79 Å². The third-order valence-corrected chi connectivity index (χ3v) is 4.48. The fraction of sp³-hybridized carbons (Fsp3) is 0.273. The van der Waals surface area contributed by atoms with Crippen molar-refractivity contribution in [3.8, 4) is 0 Å². The van der Waals surface area contributed by atoms with Gasteiger partial charge < -0.3 is 5.32 Å². The molecule has 1 aromatic heterocycles. The monoisotopic (exact) mass is 347 g/mol. The van der Waals surface area contributed by atoms with Crippen LogP contribution in [-0.2, 0) is 6.54 Å². The second-order valence-corrected chi connectivity index (χ2v) is 6.98. The maximum absolute atomic E-state index is 12.6. The summed E-state index contributed by atoms with van der Waals surface area (Å²) in [7, 11) is 0. The SMILES string of the molecule is Cc1cc(C)n(Cc2ccc(C(=O)Nc3ccccc3C(C)C)cc2)n1. The van der Waals surface area contributed by atoms with Crippen LogP contribution in [0.5, 0.6) is 0 Å². The van der Waals surface area contributed by atoms with Gasteiger partial charge in [-0.3, -0.25) is 9.48 Å². The van der Waals surface area contributed by atoms with E-state index < -0.39 is 0 Å². The number of nitrogens with zero attached hydrogens (tertiary/aromatic N) is 2. The van der Waals surface area contributed by atoms with E-state index in [0.717, 1.165) is 28.2 Å². The van der Waals surface area contributed by atoms with Crippen LogP contribution in [0.1, 0.15) is 52.6 Å². The van der Waals surface area contributed by atoms with Crippen molar-refractivity contribution >= 4 is 11.6 Å². The lowest BCUT2D eigenvalue weighted by atomic mass is 10.0. The molecule has 0 aliphatic rings. The number of para-hydroxylation sites is 1. The fourth-order valence-corrected chi connectivity index (χ4v) is 3.08. The standard InChI is InChI=1S/C22H25N3O/c1-15(2)20-7-5-6-8-21(20)23-22(26)19-11-9-18(10-12-19)14-25-17(4)13-16(3)24-25/h5-13,15H,14H2,1-4H3,(H,23,26). The van der Waals surface area contributed by atoms with Crippen molar-refractivity contribution in [2.45, 2.75) is 40.2 Å². The first kappa shape index (κ1) is 17.9. The lowest BCUT2D eigenvalue weighted by Crippen LogP contribution is -2.14. The predicted molar refractivity (Wildman–Crippen MR) is 106 cm³/mol.